The summed E-state index contributed by atoms with van der Waals surface area (Å²) in [5, 5.41) is 0. The van der Waals surface area contributed by atoms with Crippen molar-refractivity contribution in [3.8, 4) is 17.2 Å². The van der Waals surface area contributed by atoms with Gasteiger partial charge in [0.1, 0.15) is 11.4 Å². The highest BCUT2D eigenvalue weighted by molar-refractivity contribution is 6.45. The third-order valence-corrected chi connectivity index (χ3v) is 5.48. The molecule has 30 heavy (non-hydrogen) atoms. The monoisotopic (exact) mass is 408 g/mol. The molecule has 1 fully saturated rings. The zero-order chi connectivity index (χ0) is 21.3. The zero-order valence-corrected chi connectivity index (χ0v) is 17.3. The van der Waals surface area contributed by atoms with Gasteiger partial charge in [-0.3, -0.25) is 9.59 Å². The van der Waals surface area contributed by atoms with Crippen LogP contribution in [0.1, 0.15) is 18.4 Å². The number of likely N-dealkylation sites (tertiary alicyclic amines) is 1. The topological polar surface area (TPSA) is 68.3 Å². The number of hydrogen-bond donors (Lipinski definition) is 0. The Balaban J connectivity index is 1.87. The van der Waals surface area contributed by atoms with Crippen molar-refractivity contribution in [2.45, 2.75) is 12.8 Å². The van der Waals surface area contributed by atoms with Crippen LogP contribution in [-0.4, -0.2) is 51.1 Å². The van der Waals surface area contributed by atoms with E-state index < -0.39 is 0 Å². The number of nitrogens with zero attached hydrogens (tertiary/aromatic N) is 2. The van der Waals surface area contributed by atoms with E-state index >= 15 is 0 Å². The highest BCUT2D eigenvalue weighted by Gasteiger charge is 2.44. The van der Waals surface area contributed by atoms with Crippen LogP contribution in [0.5, 0.6) is 17.2 Å². The Bertz CT molecular complexity index is 1020. The molecule has 0 spiro atoms. The van der Waals surface area contributed by atoms with Crippen LogP contribution in [-0.2, 0) is 9.59 Å². The molecule has 7 nitrogen and oxygen atoms in total. The van der Waals surface area contributed by atoms with Gasteiger partial charge in [0.25, 0.3) is 11.8 Å². The molecule has 0 bridgehead atoms. The van der Waals surface area contributed by atoms with Crippen LogP contribution in [0.15, 0.2) is 48.2 Å². The van der Waals surface area contributed by atoms with Gasteiger partial charge in [0.05, 0.1) is 32.6 Å². The zero-order valence-electron chi connectivity index (χ0n) is 17.3. The quantitative estimate of drug-likeness (QED) is 0.685. The van der Waals surface area contributed by atoms with E-state index in [1.54, 1.807) is 56.7 Å². The molecule has 0 atom stereocenters. The largest absolute Gasteiger partial charge is 0.495 e. The van der Waals surface area contributed by atoms with Crippen molar-refractivity contribution in [3.05, 3.63) is 53.7 Å². The lowest BCUT2D eigenvalue weighted by Crippen LogP contribution is -2.34. The molecule has 0 saturated carbocycles. The van der Waals surface area contributed by atoms with E-state index in [2.05, 4.69) is 0 Å². The van der Waals surface area contributed by atoms with Crippen LogP contribution >= 0.6 is 0 Å². The smallest absolute Gasteiger partial charge is 0.282 e. The van der Waals surface area contributed by atoms with Gasteiger partial charge in [0.15, 0.2) is 11.5 Å². The lowest BCUT2D eigenvalue weighted by atomic mass is 10.0. The first-order valence-electron chi connectivity index (χ1n) is 9.84. The molecule has 156 valence electrons. The van der Waals surface area contributed by atoms with Crippen LogP contribution in [0.25, 0.3) is 5.57 Å². The van der Waals surface area contributed by atoms with Crippen molar-refractivity contribution in [1.82, 2.24) is 4.90 Å². The van der Waals surface area contributed by atoms with E-state index in [9.17, 15) is 9.59 Å². The molecule has 0 aliphatic carbocycles. The van der Waals surface area contributed by atoms with E-state index in [0.29, 0.717) is 39.8 Å². The second kappa shape index (κ2) is 8.10. The van der Waals surface area contributed by atoms with E-state index in [1.807, 2.05) is 4.90 Å². The third kappa shape index (κ3) is 3.16. The molecular weight excluding hydrogens is 384 g/mol. The van der Waals surface area contributed by atoms with E-state index in [0.717, 1.165) is 25.9 Å². The van der Waals surface area contributed by atoms with Gasteiger partial charge in [-0.15, -0.1) is 0 Å². The maximum absolute atomic E-state index is 13.6. The van der Waals surface area contributed by atoms with Gasteiger partial charge in [-0.1, -0.05) is 18.2 Å². The average molecular weight is 408 g/mol. The lowest BCUT2D eigenvalue weighted by molar-refractivity contribution is -0.120. The number of carbonyl (C=O) groups excluding carboxylic acids is 2. The Morgan fingerprint density at radius 2 is 1.43 bits per heavy atom. The predicted molar refractivity (Wildman–Crippen MR) is 113 cm³/mol. The molecule has 0 radical (unpaired) electrons. The van der Waals surface area contributed by atoms with Gasteiger partial charge < -0.3 is 19.1 Å². The van der Waals surface area contributed by atoms with Gasteiger partial charge in [0.2, 0.25) is 0 Å². The van der Waals surface area contributed by atoms with Gasteiger partial charge in [0, 0.05) is 13.1 Å². The number of methoxy groups -OCH3 is 3. The number of imide groups is 1. The Kier molecular flexibility index (Phi) is 5.35. The van der Waals surface area contributed by atoms with Gasteiger partial charge in [-0.2, -0.15) is 0 Å². The fourth-order valence-electron chi connectivity index (χ4n) is 4.04. The highest BCUT2D eigenvalue weighted by Crippen LogP contribution is 2.41. The molecule has 2 aliphatic rings. The average Bonchev–Trinajstić information content (AvgIpc) is 3.39. The van der Waals surface area contributed by atoms with Crippen LogP contribution < -0.4 is 19.1 Å². The van der Waals surface area contributed by atoms with Crippen LogP contribution in [0.4, 0.5) is 5.69 Å². The summed E-state index contributed by atoms with van der Waals surface area (Å²) in [4.78, 5) is 30.3. The minimum atomic E-state index is -0.376. The standard InChI is InChI=1S/C23H24N2O5/c1-28-17-9-5-4-8-16(17)25-22(26)20(21(23(25)27)24-12-6-7-13-24)15-10-11-18(29-2)19(14-15)30-3/h4-5,8-11,14H,6-7,12-13H2,1-3H3. The molecule has 1 saturated heterocycles. The summed E-state index contributed by atoms with van der Waals surface area (Å²) in [5.41, 5.74) is 1.84. The van der Waals surface area contributed by atoms with Gasteiger partial charge in [-0.25, -0.2) is 4.90 Å². The number of hydrogen-bond acceptors (Lipinski definition) is 6. The Labute approximate surface area is 175 Å². The molecule has 7 heteroatoms. The number of anilines is 1. The molecule has 4 rings (SSSR count). The fraction of sp³-hybridized carbons (Fsp3) is 0.304. The van der Waals surface area contributed by atoms with Crippen molar-refractivity contribution >= 4 is 23.1 Å². The van der Waals surface area contributed by atoms with Crippen molar-refractivity contribution in [3.63, 3.8) is 0 Å². The summed E-state index contributed by atoms with van der Waals surface area (Å²) < 4.78 is 16.1. The van der Waals surface area contributed by atoms with Crippen LogP contribution in [0.2, 0.25) is 0 Å². The first kappa shape index (κ1) is 19.8. The molecule has 2 aromatic carbocycles. The molecular formula is C23H24N2O5. The maximum Gasteiger partial charge on any atom is 0.282 e. The van der Waals surface area contributed by atoms with Crippen LogP contribution in [0.3, 0.4) is 0 Å². The van der Waals surface area contributed by atoms with Gasteiger partial charge >= 0.3 is 0 Å². The second-order valence-electron chi connectivity index (χ2n) is 7.11. The SMILES string of the molecule is COc1ccc(C2=C(N3CCCC3)C(=O)N(c3ccccc3OC)C2=O)cc1OC. The number of amides is 2. The van der Waals surface area contributed by atoms with Crippen LogP contribution in [0, 0.1) is 0 Å². The summed E-state index contributed by atoms with van der Waals surface area (Å²) >= 11 is 0. The number of rotatable bonds is 6. The van der Waals surface area contributed by atoms with Gasteiger partial charge in [-0.05, 0) is 42.7 Å². The van der Waals surface area contributed by atoms with Crippen molar-refractivity contribution in [2.75, 3.05) is 39.3 Å². The predicted octanol–water partition coefficient (Wildman–Crippen LogP) is 3.09. The molecule has 2 aliphatic heterocycles. The first-order valence-corrected chi connectivity index (χ1v) is 9.84. The highest BCUT2D eigenvalue weighted by atomic mass is 16.5. The summed E-state index contributed by atoms with van der Waals surface area (Å²) in [6.45, 7) is 1.48. The third-order valence-electron chi connectivity index (χ3n) is 5.48. The summed E-state index contributed by atoms with van der Waals surface area (Å²) in [6.07, 6.45) is 1.97. The minimum absolute atomic E-state index is 0.337. The first-order chi connectivity index (χ1) is 14.6. The van der Waals surface area contributed by atoms with E-state index in [1.165, 1.54) is 12.0 Å². The number of ether oxygens (including phenoxy) is 3. The maximum atomic E-state index is 13.6. The Hall–Kier alpha value is -3.48. The number of carbonyl (C=O) groups is 2. The molecule has 0 aromatic heterocycles. The molecule has 0 N–H and O–H groups in total. The summed E-state index contributed by atoms with van der Waals surface area (Å²) in [5.74, 6) is 0.811. The second-order valence-corrected chi connectivity index (χ2v) is 7.11. The lowest BCUT2D eigenvalue weighted by Gasteiger charge is -2.21. The normalized spacial score (nSPS) is 16.5. The van der Waals surface area contributed by atoms with Crippen molar-refractivity contribution in [2.24, 2.45) is 0 Å². The minimum Gasteiger partial charge on any atom is -0.495 e. The molecule has 2 heterocycles. The Morgan fingerprint density at radius 3 is 2.10 bits per heavy atom. The Morgan fingerprint density at radius 1 is 0.767 bits per heavy atom. The molecule has 2 aromatic rings. The van der Waals surface area contributed by atoms with E-state index in [-0.39, 0.29) is 11.8 Å². The van der Waals surface area contributed by atoms with Crippen molar-refractivity contribution < 1.29 is 23.8 Å². The fourth-order valence-corrected chi connectivity index (χ4v) is 4.04. The molecule has 0 unspecified atom stereocenters. The summed E-state index contributed by atoms with van der Waals surface area (Å²) in [6, 6.07) is 12.3. The van der Waals surface area contributed by atoms with Crippen molar-refractivity contribution in [1.29, 1.82) is 0 Å². The summed E-state index contributed by atoms with van der Waals surface area (Å²) in [7, 11) is 4.62. The van der Waals surface area contributed by atoms with E-state index in [4.69, 9.17) is 14.2 Å². The number of para-hydroxylation sites is 2. The molecule has 2 amide bonds. The number of benzene rings is 2.